The molecule has 0 amide bonds. The van der Waals surface area contributed by atoms with E-state index < -0.39 is 0 Å². The van der Waals surface area contributed by atoms with Crippen molar-refractivity contribution in [3.05, 3.63) is 0 Å². The van der Waals surface area contributed by atoms with Gasteiger partial charge >= 0.3 is 0 Å². The van der Waals surface area contributed by atoms with Crippen molar-refractivity contribution in [3.63, 3.8) is 0 Å². The lowest BCUT2D eigenvalue weighted by atomic mass is 9.99. The maximum Gasteiger partial charge on any atom is 0.00727 e. The molecule has 1 heteroatoms. The summed E-state index contributed by atoms with van der Waals surface area (Å²) < 4.78 is 0. The minimum atomic E-state index is 0.519. The molecule has 0 aromatic heterocycles. The first kappa shape index (κ1) is 10.5. The van der Waals surface area contributed by atoms with Crippen LogP contribution in [0.25, 0.3) is 0 Å². The third kappa shape index (κ3) is 2.13. The van der Waals surface area contributed by atoms with Gasteiger partial charge in [0.1, 0.15) is 0 Å². The zero-order valence-corrected chi connectivity index (χ0v) is 9.71. The molecule has 0 radical (unpaired) electrons. The zero-order chi connectivity index (χ0) is 10.1. The van der Waals surface area contributed by atoms with Crippen LogP contribution in [0.1, 0.15) is 52.4 Å². The van der Waals surface area contributed by atoms with E-state index in [9.17, 15) is 0 Å². The monoisotopic (exact) mass is 195 g/mol. The van der Waals surface area contributed by atoms with Crippen LogP contribution in [0.3, 0.4) is 0 Å². The van der Waals surface area contributed by atoms with Gasteiger partial charge in [-0.2, -0.15) is 0 Å². The Hall–Kier alpha value is -0.0400. The van der Waals surface area contributed by atoms with E-state index in [-0.39, 0.29) is 0 Å². The molecule has 14 heavy (non-hydrogen) atoms. The Labute approximate surface area is 88.4 Å². The summed E-state index contributed by atoms with van der Waals surface area (Å²) in [6.45, 7) is 4.60. The van der Waals surface area contributed by atoms with Crippen molar-refractivity contribution in [3.8, 4) is 0 Å². The van der Waals surface area contributed by atoms with Gasteiger partial charge in [-0.05, 0) is 49.4 Å². The summed E-state index contributed by atoms with van der Waals surface area (Å²) in [7, 11) is 0. The highest BCUT2D eigenvalue weighted by molar-refractivity contribution is 5.03. The van der Waals surface area contributed by atoms with E-state index in [1.54, 1.807) is 0 Å². The van der Waals surface area contributed by atoms with E-state index in [1.165, 1.54) is 38.5 Å². The SMILES string of the molecule is CC(C)CCC(N)C1C2CCCCC21. The third-order valence-electron chi connectivity index (χ3n) is 4.29. The molecule has 2 fully saturated rings. The molecule has 0 aromatic carbocycles. The summed E-state index contributed by atoms with van der Waals surface area (Å²) in [6.07, 6.45) is 8.46. The fourth-order valence-corrected chi connectivity index (χ4v) is 3.40. The van der Waals surface area contributed by atoms with E-state index in [1.807, 2.05) is 0 Å². The number of fused-ring (bicyclic) bond motifs is 1. The standard InChI is InChI=1S/C13H25N/c1-9(2)7-8-12(14)13-10-5-3-4-6-11(10)13/h9-13H,3-8,14H2,1-2H3. The van der Waals surface area contributed by atoms with Gasteiger partial charge in [-0.15, -0.1) is 0 Å². The molecular formula is C13H25N. The number of hydrogen-bond donors (Lipinski definition) is 1. The smallest absolute Gasteiger partial charge is 0.00727 e. The predicted octanol–water partition coefficient (Wildman–Crippen LogP) is 3.19. The number of nitrogens with two attached hydrogens (primary N) is 1. The lowest BCUT2D eigenvalue weighted by Crippen LogP contribution is -2.24. The van der Waals surface area contributed by atoms with Crippen LogP contribution in [0.15, 0.2) is 0 Å². The normalized spacial score (nSPS) is 38.1. The number of hydrogen-bond acceptors (Lipinski definition) is 1. The molecule has 2 saturated carbocycles. The molecule has 2 N–H and O–H groups in total. The highest BCUT2D eigenvalue weighted by atomic mass is 14.7. The van der Waals surface area contributed by atoms with Crippen LogP contribution < -0.4 is 5.73 Å². The molecule has 0 spiro atoms. The molecule has 2 rings (SSSR count). The average molecular weight is 195 g/mol. The summed E-state index contributed by atoms with van der Waals surface area (Å²) in [5.41, 5.74) is 6.29. The molecule has 0 bridgehead atoms. The van der Waals surface area contributed by atoms with Gasteiger partial charge in [0.15, 0.2) is 0 Å². The summed E-state index contributed by atoms with van der Waals surface area (Å²) in [6, 6.07) is 0.519. The fourth-order valence-electron chi connectivity index (χ4n) is 3.40. The Bertz CT molecular complexity index is 176. The van der Waals surface area contributed by atoms with Crippen molar-refractivity contribution in [2.75, 3.05) is 0 Å². The molecule has 2 aliphatic rings. The van der Waals surface area contributed by atoms with Crippen LogP contribution in [0.5, 0.6) is 0 Å². The molecule has 3 atom stereocenters. The first-order valence-corrected chi connectivity index (χ1v) is 6.45. The van der Waals surface area contributed by atoms with Gasteiger partial charge in [-0.1, -0.05) is 26.7 Å². The van der Waals surface area contributed by atoms with E-state index >= 15 is 0 Å². The second-order valence-electron chi connectivity index (χ2n) is 5.82. The number of rotatable bonds is 4. The first-order chi connectivity index (χ1) is 6.70. The lowest BCUT2D eigenvalue weighted by Gasteiger charge is -2.12. The molecule has 0 aliphatic heterocycles. The van der Waals surface area contributed by atoms with Gasteiger partial charge in [0, 0.05) is 6.04 Å². The molecule has 82 valence electrons. The fraction of sp³-hybridized carbons (Fsp3) is 1.00. The minimum absolute atomic E-state index is 0.519. The Morgan fingerprint density at radius 1 is 1.07 bits per heavy atom. The molecular weight excluding hydrogens is 170 g/mol. The minimum Gasteiger partial charge on any atom is -0.327 e. The Morgan fingerprint density at radius 3 is 2.14 bits per heavy atom. The van der Waals surface area contributed by atoms with Crippen LogP contribution >= 0.6 is 0 Å². The van der Waals surface area contributed by atoms with Gasteiger partial charge in [0.05, 0.1) is 0 Å². The second kappa shape index (κ2) is 4.22. The van der Waals surface area contributed by atoms with E-state index in [0.717, 1.165) is 23.7 Å². The maximum absolute atomic E-state index is 6.29. The quantitative estimate of drug-likeness (QED) is 0.732. The molecule has 1 nitrogen and oxygen atoms in total. The van der Waals surface area contributed by atoms with E-state index in [2.05, 4.69) is 13.8 Å². The van der Waals surface area contributed by atoms with Crippen LogP contribution in [0.2, 0.25) is 0 Å². The van der Waals surface area contributed by atoms with E-state index in [4.69, 9.17) is 5.73 Å². The average Bonchev–Trinajstić information content (AvgIpc) is 2.88. The van der Waals surface area contributed by atoms with Crippen molar-refractivity contribution < 1.29 is 0 Å². The van der Waals surface area contributed by atoms with Gasteiger partial charge in [0.2, 0.25) is 0 Å². The predicted molar refractivity (Wildman–Crippen MR) is 61.0 cm³/mol. The summed E-state index contributed by atoms with van der Waals surface area (Å²) in [5.74, 6) is 3.80. The molecule has 0 saturated heterocycles. The molecule has 0 aromatic rings. The van der Waals surface area contributed by atoms with Crippen molar-refractivity contribution in [2.24, 2.45) is 29.4 Å². The Morgan fingerprint density at radius 2 is 1.64 bits per heavy atom. The Kier molecular flexibility index (Phi) is 3.16. The van der Waals surface area contributed by atoms with Gasteiger partial charge in [0.25, 0.3) is 0 Å². The van der Waals surface area contributed by atoms with Crippen molar-refractivity contribution in [2.45, 2.75) is 58.4 Å². The Balaban J connectivity index is 1.74. The van der Waals surface area contributed by atoms with Crippen LogP contribution in [0, 0.1) is 23.7 Å². The van der Waals surface area contributed by atoms with Crippen LogP contribution in [0.4, 0.5) is 0 Å². The zero-order valence-electron chi connectivity index (χ0n) is 9.71. The topological polar surface area (TPSA) is 26.0 Å². The third-order valence-corrected chi connectivity index (χ3v) is 4.29. The lowest BCUT2D eigenvalue weighted by molar-refractivity contribution is 0.443. The van der Waals surface area contributed by atoms with Gasteiger partial charge in [-0.3, -0.25) is 0 Å². The molecule has 3 unspecified atom stereocenters. The maximum atomic E-state index is 6.29. The first-order valence-electron chi connectivity index (χ1n) is 6.45. The van der Waals surface area contributed by atoms with Gasteiger partial charge in [-0.25, -0.2) is 0 Å². The van der Waals surface area contributed by atoms with Crippen LogP contribution in [-0.2, 0) is 0 Å². The van der Waals surface area contributed by atoms with Crippen molar-refractivity contribution in [1.29, 1.82) is 0 Å². The van der Waals surface area contributed by atoms with Crippen molar-refractivity contribution >= 4 is 0 Å². The molecule has 2 aliphatic carbocycles. The molecule has 0 heterocycles. The van der Waals surface area contributed by atoms with E-state index in [0.29, 0.717) is 6.04 Å². The largest absolute Gasteiger partial charge is 0.327 e. The van der Waals surface area contributed by atoms with Crippen LogP contribution in [-0.4, -0.2) is 6.04 Å². The summed E-state index contributed by atoms with van der Waals surface area (Å²) >= 11 is 0. The summed E-state index contributed by atoms with van der Waals surface area (Å²) in [4.78, 5) is 0. The highest BCUT2D eigenvalue weighted by Crippen LogP contribution is 2.57. The highest BCUT2D eigenvalue weighted by Gasteiger charge is 2.52. The second-order valence-corrected chi connectivity index (χ2v) is 5.82. The van der Waals surface area contributed by atoms with Crippen molar-refractivity contribution in [1.82, 2.24) is 0 Å². The summed E-state index contributed by atoms with van der Waals surface area (Å²) in [5, 5.41) is 0. The van der Waals surface area contributed by atoms with Gasteiger partial charge < -0.3 is 5.73 Å².